The standard InChI is InChI=1S/C31H53N5O7S/c1-30(2)24-7-12-31(30,26(37)17-24)20-44(42,43)36-25(29(40)41)18-34-27(38)19-35-28(39)23(5-3-21-8-13-32-14-9-21)6-4-22-10-15-33-16-11-22/h21-25,32-33,36H,3-20H2,1-2H3,(H,34,38)(H,35,39)(H,40,41). The van der Waals surface area contributed by atoms with Crippen molar-refractivity contribution in [3.8, 4) is 0 Å². The number of fused-ring (bicyclic) bond motifs is 2. The summed E-state index contributed by atoms with van der Waals surface area (Å²) in [5.41, 5.74) is -1.51. The number of piperidine rings is 2. The second kappa shape index (κ2) is 15.0. The van der Waals surface area contributed by atoms with Crippen LogP contribution in [0.25, 0.3) is 0 Å². The van der Waals surface area contributed by atoms with E-state index in [1.54, 1.807) is 0 Å². The van der Waals surface area contributed by atoms with Gasteiger partial charge < -0.3 is 26.4 Å². The number of amides is 2. The summed E-state index contributed by atoms with van der Waals surface area (Å²) in [4.78, 5) is 50.5. The second-order valence-corrected chi connectivity index (χ2v) is 15.9. The van der Waals surface area contributed by atoms with E-state index >= 15 is 0 Å². The summed E-state index contributed by atoms with van der Waals surface area (Å²) in [6, 6.07) is -1.60. The minimum Gasteiger partial charge on any atom is -0.480 e. The number of Topliss-reactive ketones (excluding diaryl/α,β-unsaturated/α-hetero) is 1. The average molecular weight is 640 g/mol. The number of carboxylic acid groups (broad SMARTS) is 1. The van der Waals surface area contributed by atoms with Gasteiger partial charge in [0.15, 0.2) is 0 Å². The fraction of sp³-hybridized carbons (Fsp3) is 0.871. The number of nitrogens with one attached hydrogen (secondary N) is 5. The van der Waals surface area contributed by atoms with Crippen LogP contribution in [0.4, 0.5) is 0 Å². The van der Waals surface area contributed by atoms with Crippen LogP contribution in [0.1, 0.15) is 84.5 Å². The Morgan fingerprint density at radius 2 is 1.50 bits per heavy atom. The number of hydrogen-bond acceptors (Lipinski definition) is 8. The van der Waals surface area contributed by atoms with E-state index in [9.17, 15) is 32.7 Å². The minimum atomic E-state index is -4.15. The maximum absolute atomic E-state index is 13.2. The lowest BCUT2D eigenvalue weighted by Crippen LogP contribution is -2.53. The molecule has 44 heavy (non-hydrogen) atoms. The van der Waals surface area contributed by atoms with Crippen LogP contribution in [-0.2, 0) is 29.2 Å². The Morgan fingerprint density at radius 1 is 0.932 bits per heavy atom. The Bertz CT molecular complexity index is 1130. The predicted octanol–water partition coefficient (Wildman–Crippen LogP) is 1.16. The zero-order chi connectivity index (χ0) is 32.0. The molecule has 2 saturated carbocycles. The van der Waals surface area contributed by atoms with Gasteiger partial charge in [0.25, 0.3) is 0 Å². The Balaban J connectivity index is 1.26. The number of aliphatic carboxylic acids is 1. The van der Waals surface area contributed by atoms with E-state index in [1.807, 2.05) is 13.8 Å². The largest absolute Gasteiger partial charge is 0.480 e. The number of carbonyl (C=O) groups excluding carboxylic acids is 3. The summed E-state index contributed by atoms with van der Waals surface area (Å²) in [7, 11) is -4.15. The van der Waals surface area contributed by atoms with Crippen molar-refractivity contribution >= 4 is 33.6 Å². The summed E-state index contributed by atoms with van der Waals surface area (Å²) in [5, 5.41) is 21.6. The molecule has 0 spiro atoms. The van der Waals surface area contributed by atoms with Gasteiger partial charge in [-0.25, -0.2) is 8.42 Å². The summed E-state index contributed by atoms with van der Waals surface area (Å²) < 4.78 is 28.4. The summed E-state index contributed by atoms with van der Waals surface area (Å²) in [5.74, 6) is -1.62. The van der Waals surface area contributed by atoms with Gasteiger partial charge in [0.05, 0.1) is 12.3 Å². The molecule has 0 aromatic rings. The Kier molecular flexibility index (Phi) is 11.9. The van der Waals surface area contributed by atoms with Crippen LogP contribution in [0.3, 0.4) is 0 Å². The molecule has 2 saturated heterocycles. The van der Waals surface area contributed by atoms with Crippen molar-refractivity contribution in [3.05, 3.63) is 0 Å². The number of sulfonamides is 1. The van der Waals surface area contributed by atoms with Gasteiger partial charge in [-0.05, 0) is 114 Å². The number of hydrogen-bond donors (Lipinski definition) is 6. The van der Waals surface area contributed by atoms with E-state index in [0.29, 0.717) is 24.7 Å². The molecule has 3 unspecified atom stereocenters. The highest BCUT2D eigenvalue weighted by Gasteiger charge is 2.65. The number of carboxylic acids is 1. The summed E-state index contributed by atoms with van der Waals surface area (Å²) in [6.07, 6.45) is 9.51. The molecule has 4 fully saturated rings. The van der Waals surface area contributed by atoms with Gasteiger partial charge >= 0.3 is 5.97 Å². The van der Waals surface area contributed by atoms with Crippen LogP contribution in [0.2, 0.25) is 0 Å². The van der Waals surface area contributed by atoms with E-state index in [0.717, 1.165) is 84.0 Å². The van der Waals surface area contributed by atoms with Gasteiger partial charge in [-0.2, -0.15) is 4.72 Å². The lowest BCUT2D eigenvalue weighted by atomic mass is 9.70. The lowest BCUT2D eigenvalue weighted by Gasteiger charge is -2.36. The molecule has 2 heterocycles. The molecule has 12 nitrogen and oxygen atoms in total. The van der Waals surface area contributed by atoms with Crippen molar-refractivity contribution in [1.82, 2.24) is 26.0 Å². The van der Waals surface area contributed by atoms with Crippen LogP contribution in [0, 0.1) is 34.5 Å². The third kappa shape index (κ3) is 8.58. The van der Waals surface area contributed by atoms with Gasteiger partial charge in [-0.3, -0.25) is 19.2 Å². The first-order valence-electron chi connectivity index (χ1n) is 16.5. The predicted molar refractivity (Wildman–Crippen MR) is 166 cm³/mol. The van der Waals surface area contributed by atoms with Crippen LogP contribution < -0.4 is 26.0 Å². The van der Waals surface area contributed by atoms with Crippen molar-refractivity contribution in [2.75, 3.05) is 45.0 Å². The molecule has 13 heteroatoms. The maximum atomic E-state index is 13.2. The molecule has 0 aromatic heterocycles. The van der Waals surface area contributed by atoms with Crippen molar-refractivity contribution < 1.29 is 32.7 Å². The summed E-state index contributed by atoms with van der Waals surface area (Å²) >= 11 is 0. The van der Waals surface area contributed by atoms with E-state index in [1.165, 1.54) is 0 Å². The van der Waals surface area contributed by atoms with Gasteiger partial charge in [0.1, 0.15) is 11.8 Å². The fourth-order valence-electron chi connectivity index (χ4n) is 8.08. The van der Waals surface area contributed by atoms with Crippen molar-refractivity contribution in [2.24, 2.45) is 34.5 Å². The Hall–Kier alpha value is -2.09. The fourth-order valence-corrected chi connectivity index (χ4v) is 10.1. The molecule has 6 N–H and O–H groups in total. The van der Waals surface area contributed by atoms with Gasteiger partial charge in [0, 0.05) is 24.3 Å². The van der Waals surface area contributed by atoms with Gasteiger partial charge in [0.2, 0.25) is 21.8 Å². The quantitative estimate of drug-likeness (QED) is 0.144. The third-order valence-electron chi connectivity index (χ3n) is 11.3. The molecule has 0 aromatic carbocycles. The van der Waals surface area contributed by atoms with Crippen LogP contribution in [-0.4, -0.2) is 88.2 Å². The maximum Gasteiger partial charge on any atom is 0.323 e. The van der Waals surface area contributed by atoms with E-state index in [2.05, 4.69) is 26.0 Å². The third-order valence-corrected chi connectivity index (χ3v) is 12.8. The second-order valence-electron chi connectivity index (χ2n) is 14.2. The first-order chi connectivity index (χ1) is 20.8. The Labute approximate surface area is 262 Å². The topological polar surface area (TPSA) is 183 Å². The molecular formula is C31H53N5O7S. The smallest absolute Gasteiger partial charge is 0.323 e. The van der Waals surface area contributed by atoms with E-state index in [4.69, 9.17) is 0 Å². The normalized spacial score (nSPS) is 26.5. The molecule has 250 valence electrons. The average Bonchev–Trinajstić information content (AvgIpc) is 3.33. The number of rotatable bonds is 16. The highest BCUT2D eigenvalue weighted by molar-refractivity contribution is 7.89. The first-order valence-corrected chi connectivity index (χ1v) is 18.2. The van der Waals surface area contributed by atoms with Crippen molar-refractivity contribution in [1.29, 1.82) is 0 Å². The zero-order valence-electron chi connectivity index (χ0n) is 26.4. The zero-order valence-corrected chi connectivity index (χ0v) is 27.2. The highest BCUT2D eigenvalue weighted by atomic mass is 32.2. The van der Waals surface area contributed by atoms with Crippen molar-refractivity contribution in [2.45, 2.75) is 90.5 Å². The Morgan fingerprint density at radius 3 is 1.98 bits per heavy atom. The molecule has 0 radical (unpaired) electrons. The molecule has 2 amide bonds. The molecule has 2 bridgehead atoms. The van der Waals surface area contributed by atoms with E-state index in [-0.39, 0.29) is 30.1 Å². The first kappa shape index (κ1) is 34.8. The molecular weight excluding hydrogens is 586 g/mol. The minimum absolute atomic E-state index is 0.0788. The molecule has 4 aliphatic rings. The van der Waals surface area contributed by atoms with Crippen LogP contribution in [0.15, 0.2) is 0 Å². The monoisotopic (exact) mass is 639 g/mol. The van der Waals surface area contributed by atoms with Crippen LogP contribution >= 0.6 is 0 Å². The number of carbonyl (C=O) groups is 4. The van der Waals surface area contributed by atoms with Gasteiger partial charge in [-0.1, -0.05) is 13.8 Å². The SMILES string of the molecule is CC1(C)C2CCC1(CS(=O)(=O)NC(CNC(=O)CNC(=O)C(CCC1CCNCC1)CCC1CCNCC1)C(=O)O)C(=O)C2. The highest BCUT2D eigenvalue weighted by Crippen LogP contribution is 2.64. The van der Waals surface area contributed by atoms with E-state index < -0.39 is 51.1 Å². The van der Waals surface area contributed by atoms with Crippen LogP contribution in [0.5, 0.6) is 0 Å². The summed E-state index contributed by atoms with van der Waals surface area (Å²) in [6.45, 7) is 7.04. The molecule has 3 atom stereocenters. The molecule has 2 aliphatic carbocycles. The van der Waals surface area contributed by atoms with Crippen molar-refractivity contribution in [3.63, 3.8) is 0 Å². The lowest BCUT2D eigenvalue weighted by molar-refractivity contribution is -0.139. The molecule has 2 aliphatic heterocycles. The van der Waals surface area contributed by atoms with Gasteiger partial charge in [-0.15, -0.1) is 0 Å². The number of ketones is 1. The molecule has 4 rings (SSSR count).